The topological polar surface area (TPSA) is 8.81 Å². The lowest BCUT2D eigenvalue weighted by atomic mass is 9.61. The highest BCUT2D eigenvalue weighted by molar-refractivity contribution is 5.87. The van der Waals surface area contributed by atoms with Crippen molar-refractivity contribution in [3.8, 4) is 28.2 Å². The van der Waals surface area contributed by atoms with Crippen LogP contribution >= 0.6 is 0 Å². The first-order chi connectivity index (χ1) is 18.4. The van der Waals surface area contributed by atoms with Crippen LogP contribution < -0.4 is 4.57 Å². The summed E-state index contributed by atoms with van der Waals surface area (Å²) in [5, 5.41) is 0. The summed E-state index contributed by atoms with van der Waals surface area (Å²) in [6, 6.07) is 25.3. The van der Waals surface area contributed by atoms with Gasteiger partial charge in [-0.05, 0) is 60.6 Å². The Kier molecular flexibility index (Phi) is 5.94. The van der Waals surface area contributed by atoms with Crippen LogP contribution in [0.1, 0.15) is 96.8 Å². The maximum Gasteiger partial charge on any atom is 0.294 e. The van der Waals surface area contributed by atoms with E-state index in [0.29, 0.717) is 0 Å². The van der Waals surface area contributed by atoms with Gasteiger partial charge in [0, 0.05) is 16.4 Å². The first kappa shape index (κ1) is 25.2. The van der Waals surface area contributed by atoms with Crippen LogP contribution in [0.5, 0.6) is 0 Å². The summed E-state index contributed by atoms with van der Waals surface area (Å²) in [6.45, 7) is 14.4. The van der Waals surface area contributed by atoms with Crippen LogP contribution in [0.15, 0.2) is 79.1 Å². The smallest absolute Gasteiger partial charge is 0.224 e. The zero-order valence-electron chi connectivity index (χ0n) is 24.1. The predicted molar refractivity (Wildman–Crippen MR) is 159 cm³/mol. The zero-order valence-corrected chi connectivity index (χ0v) is 24.1. The fraction of sp³-hybridized carbons (Fsp3) is 0.417. The molecule has 1 aliphatic heterocycles. The fourth-order valence-electron chi connectivity index (χ4n) is 7.90. The van der Waals surface area contributed by atoms with Crippen LogP contribution in [0, 0.1) is 0 Å². The van der Waals surface area contributed by atoms with E-state index < -0.39 is 0 Å². The van der Waals surface area contributed by atoms with Gasteiger partial charge < -0.3 is 0 Å². The van der Waals surface area contributed by atoms with Crippen molar-refractivity contribution in [2.24, 2.45) is 0 Å². The summed E-state index contributed by atoms with van der Waals surface area (Å²) in [5.41, 5.74) is 10.0. The first-order valence-electron chi connectivity index (χ1n) is 14.8. The molecule has 0 fully saturated rings. The van der Waals surface area contributed by atoms with Crippen LogP contribution in [0.3, 0.4) is 0 Å². The van der Waals surface area contributed by atoms with Gasteiger partial charge in [-0.2, -0.15) is 4.57 Å². The van der Waals surface area contributed by atoms with Crippen LogP contribution in [0.2, 0.25) is 0 Å². The van der Waals surface area contributed by atoms with E-state index in [4.69, 9.17) is 0 Å². The molecule has 196 valence electrons. The number of imidazole rings is 1. The van der Waals surface area contributed by atoms with Gasteiger partial charge in [-0.15, -0.1) is 0 Å². The third-order valence-electron chi connectivity index (χ3n) is 10.7. The lowest BCUT2D eigenvalue weighted by Gasteiger charge is -2.47. The molecule has 0 bridgehead atoms. The molecular weight excluding hydrogens is 460 g/mol. The second-order valence-electron chi connectivity index (χ2n) is 12.3. The molecule has 0 saturated carbocycles. The molecule has 2 heteroatoms. The molecule has 0 spiro atoms. The minimum absolute atomic E-state index is 0.0127. The molecule has 1 aliphatic carbocycles. The highest BCUT2D eigenvalue weighted by atomic mass is 15.2. The Morgan fingerprint density at radius 1 is 0.711 bits per heavy atom. The Bertz CT molecular complexity index is 1510. The fourth-order valence-corrected chi connectivity index (χ4v) is 7.90. The number of benzene rings is 3. The Hall–Kier alpha value is -3.13. The highest BCUT2D eigenvalue weighted by Crippen LogP contribution is 2.54. The Balaban J connectivity index is 1.62. The SMILES string of the molecule is CCCCCC1(C)c2ccccc2-c2c(-n3cc[n+]4c3-c3ccccc3C(C)(CC)C4(C)CC)cccc21. The molecule has 3 atom stereocenters. The normalized spacial score (nSPS) is 25.0. The van der Waals surface area contributed by atoms with Crippen LogP contribution in [0.25, 0.3) is 28.2 Å². The molecule has 4 aromatic rings. The van der Waals surface area contributed by atoms with Gasteiger partial charge >= 0.3 is 0 Å². The summed E-state index contributed by atoms with van der Waals surface area (Å²) < 4.78 is 5.09. The monoisotopic (exact) mass is 503 g/mol. The van der Waals surface area contributed by atoms with Gasteiger partial charge in [0.15, 0.2) is 0 Å². The molecule has 0 saturated heterocycles. The largest absolute Gasteiger partial charge is 0.294 e. The van der Waals surface area contributed by atoms with Gasteiger partial charge in [0.05, 0.1) is 5.56 Å². The molecule has 38 heavy (non-hydrogen) atoms. The number of unbranched alkanes of at least 4 members (excludes halogenated alkanes) is 2. The average molecular weight is 504 g/mol. The van der Waals surface area contributed by atoms with E-state index in [1.807, 2.05) is 0 Å². The zero-order chi connectivity index (χ0) is 26.7. The Morgan fingerprint density at radius 3 is 2.11 bits per heavy atom. The number of hydrogen-bond acceptors (Lipinski definition) is 0. The molecule has 0 amide bonds. The van der Waals surface area contributed by atoms with Gasteiger partial charge in [0.1, 0.15) is 23.6 Å². The summed E-state index contributed by atoms with van der Waals surface area (Å²) in [4.78, 5) is 0. The first-order valence-corrected chi connectivity index (χ1v) is 14.8. The highest BCUT2D eigenvalue weighted by Gasteiger charge is 2.55. The van der Waals surface area contributed by atoms with Gasteiger partial charge in [0.25, 0.3) is 5.82 Å². The number of rotatable bonds is 7. The van der Waals surface area contributed by atoms with E-state index in [9.17, 15) is 0 Å². The summed E-state index contributed by atoms with van der Waals surface area (Å²) in [6.07, 6.45) is 11.9. The van der Waals surface area contributed by atoms with Crippen LogP contribution in [-0.2, 0) is 16.4 Å². The van der Waals surface area contributed by atoms with Gasteiger partial charge in [-0.25, -0.2) is 4.57 Å². The van der Waals surface area contributed by atoms with E-state index in [0.717, 1.165) is 12.8 Å². The van der Waals surface area contributed by atoms with Crippen molar-refractivity contribution >= 4 is 0 Å². The van der Waals surface area contributed by atoms with Crippen LogP contribution in [-0.4, -0.2) is 4.57 Å². The molecular formula is C36H43N2+. The van der Waals surface area contributed by atoms with Crippen molar-refractivity contribution in [1.29, 1.82) is 0 Å². The quantitative estimate of drug-likeness (QED) is 0.176. The minimum Gasteiger partial charge on any atom is -0.224 e. The van der Waals surface area contributed by atoms with Gasteiger partial charge in [-0.3, -0.25) is 0 Å². The van der Waals surface area contributed by atoms with E-state index in [1.54, 1.807) is 0 Å². The van der Waals surface area contributed by atoms with Gasteiger partial charge in [0.2, 0.25) is 0 Å². The second-order valence-corrected chi connectivity index (χ2v) is 12.3. The lowest BCUT2D eigenvalue weighted by molar-refractivity contribution is -0.764. The molecule has 1 aromatic heterocycles. The average Bonchev–Trinajstić information content (AvgIpc) is 3.51. The summed E-state index contributed by atoms with van der Waals surface area (Å²) in [7, 11) is 0. The minimum atomic E-state index is -0.0127. The Labute approximate surface area is 229 Å². The van der Waals surface area contributed by atoms with E-state index >= 15 is 0 Å². The third kappa shape index (κ3) is 3.15. The third-order valence-corrected chi connectivity index (χ3v) is 10.7. The van der Waals surface area contributed by atoms with E-state index in [-0.39, 0.29) is 16.4 Å². The number of hydrogen-bond donors (Lipinski definition) is 0. The van der Waals surface area contributed by atoms with Crippen LogP contribution in [0.4, 0.5) is 0 Å². The maximum atomic E-state index is 2.60. The standard InChI is InChI=1S/C36H43N2/c1-7-10-15-23-34(4)28-19-13-11-17-26(28)32-30(34)21-16-22-31(32)37-24-25-38-33(37)27-18-12-14-20-29(27)35(5,8-2)36(38,6)9-3/h11-14,16-22,24-25H,7-10,15,23H2,1-6H3/q+1. The summed E-state index contributed by atoms with van der Waals surface area (Å²) in [5.74, 6) is 1.31. The van der Waals surface area contributed by atoms with Crippen molar-refractivity contribution in [1.82, 2.24) is 4.57 Å². The molecule has 3 aromatic carbocycles. The van der Waals surface area contributed by atoms with Crippen molar-refractivity contribution in [2.75, 3.05) is 0 Å². The van der Waals surface area contributed by atoms with E-state index in [2.05, 4.69) is 130 Å². The van der Waals surface area contributed by atoms with E-state index in [1.165, 1.54) is 70.6 Å². The van der Waals surface area contributed by atoms with Crippen molar-refractivity contribution in [3.63, 3.8) is 0 Å². The molecule has 2 nitrogen and oxygen atoms in total. The summed E-state index contributed by atoms with van der Waals surface area (Å²) >= 11 is 0. The molecule has 2 aliphatic rings. The lowest BCUT2D eigenvalue weighted by Crippen LogP contribution is -2.67. The Morgan fingerprint density at radius 2 is 1.39 bits per heavy atom. The number of fused-ring (bicyclic) bond motifs is 6. The van der Waals surface area contributed by atoms with Gasteiger partial charge in [-0.1, -0.05) is 108 Å². The number of aromatic nitrogens is 2. The molecule has 6 rings (SSSR count). The number of nitrogens with zero attached hydrogens (tertiary/aromatic N) is 2. The van der Waals surface area contributed by atoms with Crippen molar-refractivity contribution in [3.05, 3.63) is 95.8 Å². The van der Waals surface area contributed by atoms with Crippen molar-refractivity contribution in [2.45, 2.75) is 96.4 Å². The predicted octanol–water partition coefficient (Wildman–Crippen LogP) is 9.11. The molecule has 0 N–H and O–H groups in total. The molecule has 0 radical (unpaired) electrons. The molecule has 2 heterocycles. The maximum absolute atomic E-state index is 2.60. The van der Waals surface area contributed by atoms with Crippen molar-refractivity contribution < 1.29 is 4.57 Å². The molecule has 3 unspecified atom stereocenters. The second kappa shape index (κ2) is 8.97.